The Morgan fingerprint density at radius 1 is 0.184 bits per heavy atom. The molecule has 2 atom stereocenters. The van der Waals surface area contributed by atoms with Gasteiger partial charge in [0.25, 0.3) is 0 Å². The van der Waals surface area contributed by atoms with Crippen LogP contribution >= 0.6 is 0 Å². The van der Waals surface area contributed by atoms with Crippen LogP contribution in [0.5, 0.6) is 0 Å². The van der Waals surface area contributed by atoms with Crippen molar-refractivity contribution >= 4 is 68.2 Å². The molecule has 8 heteroatoms. The highest BCUT2D eigenvalue weighted by molar-refractivity contribution is 5.95. The normalized spacial score (nSPS) is 15.4. The quantitative estimate of drug-likeness (QED) is 0.0794. The Morgan fingerprint density at radius 2 is 0.416 bits per heavy atom. The molecule has 18 aromatic rings. The average Bonchev–Trinajstić information content (AvgIpc) is 1.54. The van der Waals surface area contributed by atoms with Gasteiger partial charge < -0.3 is 19.6 Å². The number of halogens is 4. The Bertz CT molecular complexity index is 6820. The van der Waals surface area contributed by atoms with Crippen LogP contribution in [0.2, 0.25) is 0 Å². The van der Waals surface area contributed by atoms with E-state index >= 15 is 17.6 Å². The Kier molecular flexibility index (Phi) is 17.7. The van der Waals surface area contributed by atoms with Crippen molar-refractivity contribution in [1.29, 1.82) is 0 Å². The lowest BCUT2D eigenvalue weighted by Crippen LogP contribution is -2.29. The second-order valence-electron chi connectivity index (χ2n) is 34.3. The molecule has 0 aliphatic heterocycles. The molecule has 0 aromatic heterocycles. The molecule has 125 heavy (non-hydrogen) atoms. The summed E-state index contributed by atoms with van der Waals surface area (Å²) in [4.78, 5) is 9.09. The van der Waals surface area contributed by atoms with Crippen molar-refractivity contribution in [3.8, 4) is 55.6 Å². The number of fused-ring (bicyclic) bond motifs is 11. The van der Waals surface area contributed by atoms with Gasteiger partial charge in [0, 0.05) is 73.7 Å². The molecule has 0 heterocycles. The van der Waals surface area contributed by atoms with Gasteiger partial charge in [-0.1, -0.05) is 232 Å². The van der Waals surface area contributed by atoms with E-state index in [1.54, 1.807) is 24.3 Å². The minimum absolute atomic E-state index is 0.281. The minimum atomic E-state index is -0.770. The van der Waals surface area contributed by atoms with Crippen LogP contribution in [-0.4, -0.2) is 0 Å². The summed E-state index contributed by atoms with van der Waals surface area (Å²) in [7, 11) is 0. The summed E-state index contributed by atoms with van der Waals surface area (Å²) >= 11 is 0. The summed E-state index contributed by atoms with van der Waals surface area (Å²) in [5, 5.41) is 0. The smallest absolute Gasteiger partial charge is 0.123 e. The molecule has 5 aliphatic rings. The van der Waals surface area contributed by atoms with E-state index in [1.165, 1.54) is 46.5 Å². The molecule has 18 aromatic carbocycles. The maximum Gasteiger partial charge on any atom is 0.123 e. The summed E-state index contributed by atoms with van der Waals surface area (Å²) in [6.07, 6.45) is 4.15. The molecule has 0 fully saturated rings. The Hall–Kier alpha value is -15.1. The monoisotopic (exact) mass is 1620 g/mol. The van der Waals surface area contributed by atoms with Crippen LogP contribution in [0.25, 0.3) is 55.6 Å². The number of aryl methyl sites for hydroxylation is 4. The summed E-state index contributed by atoms with van der Waals surface area (Å²) < 4.78 is 61.2. The van der Waals surface area contributed by atoms with E-state index in [9.17, 15) is 0 Å². The molecular formula is C117H82F4N4. The van der Waals surface area contributed by atoms with E-state index in [-0.39, 0.29) is 23.3 Å². The van der Waals surface area contributed by atoms with Gasteiger partial charge in [0.1, 0.15) is 23.3 Å². The molecular weight excluding hydrogens is 1540 g/mol. The molecule has 4 nitrogen and oxygen atoms in total. The fraction of sp³-hybridized carbons (Fsp3) is 0.0769. The molecule has 0 N–H and O–H groups in total. The van der Waals surface area contributed by atoms with Gasteiger partial charge in [0.2, 0.25) is 0 Å². The van der Waals surface area contributed by atoms with E-state index in [4.69, 9.17) is 0 Å². The number of anilines is 12. The maximum atomic E-state index is 15.3. The number of rotatable bonds is 18. The van der Waals surface area contributed by atoms with E-state index in [2.05, 4.69) is 337 Å². The van der Waals surface area contributed by atoms with Crippen molar-refractivity contribution in [3.63, 3.8) is 0 Å². The first-order chi connectivity index (χ1) is 61.3. The molecule has 0 saturated heterocycles. The average molecular weight is 1620 g/mol. The van der Waals surface area contributed by atoms with Gasteiger partial charge in [-0.3, -0.25) is 0 Å². The number of hydrogen-bond acceptors (Lipinski definition) is 4. The third kappa shape index (κ3) is 12.2. The van der Waals surface area contributed by atoms with Gasteiger partial charge in [0.05, 0.1) is 10.8 Å². The molecule has 0 saturated carbocycles. The van der Waals surface area contributed by atoms with Crippen LogP contribution in [0.4, 0.5) is 85.8 Å². The van der Waals surface area contributed by atoms with Gasteiger partial charge in [-0.25, -0.2) is 17.6 Å². The number of nitrogens with zero attached hydrogens (tertiary/aromatic N) is 4. The predicted octanol–water partition coefficient (Wildman–Crippen LogP) is 30.7. The summed E-state index contributed by atoms with van der Waals surface area (Å²) in [6, 6.07) is 142. The lowest BCUT2D eigenvalue weighted by molar-refractivity contribution is 0.624. The zero-order chi connectivity index (χ0) is 83.8. The SMILES string of the molecule is CC1(C)c2cc(N(c3ccc(F)cc3)c3ccc(N(c4ccc(-c5ccccc5)cc4)c4ccc5c(c4)C(c4ccc(F)cc4)(c4ccc6c(c4)CC6)c4ccccc4-5)cc3)ccc2-c2ccc(N(c3ccc(F)cc3)c3ccc(N(c4ccc(-c5ccccc5)cc4)c4ccc5c(c4)C(c4ccc(F)cc4)(c4ccc6c(c4)CC6)c4ccccc4-5)cc3)cc21. The lowest BCUT2D eigenvalue weighted by Gasteiger charge is -2.36. The molecule has 0 spiro atoms. The van der Waals surface area contributed by atoms with Crippen molar-refractivity contribution in [2.75, 3.05) is 19.6 Å². The zero-order valence-corrected chi connectivity index (χ0v) is 68.9. The molecule has 0 amide bonds. The summed E-state index contributed by atoms with van der Waals surface area (Å²) in [6.45, 7) is 4.58. The van der Waals surface area contributed by atoms with Crippen LogP contribution in [0.3, 0.4) is 0 Å². The first kappa shape index (κ1) is 74.9. The van der Waals surface area contributed by atoms with E-state index < -0.39 is 16.2 Å². The Labute approximate surface area is 725 Å². The third-order valence-electron chi connectivity index (χ3n) is 27.3. The Morgan fingerprint density at radius 3 is 0.720 bits per heavy atom. The molecule has 598 valence electrons. The van der Waals surface area contributed by atoms with Gasteiger partial charge >= 0.3 is 0 Å². The molecule has 0 radical (unpaired) electrons. The third-order valence-corrected chi connectivity index (χ3v) is 27.3. The summed E-state index contributed by atoms with van der Waals surface area (Å²) in [5.41, 5.74) is 36.5. The van der Waals surface area contributed by atoms with Gasteiger partial charge in [-0.05, 0) is 353 Å². The first-order valence-electron chi connectivity index (χ1n) is 43.1. The molecule has 2 unspecified atom stereocenters. The largest absolute Gasteiger partial charge is 0.310 e. The zero-order valence-electron chi connectivity index (χ0n) is 68.9. The van der Waals surface area contributed by atoms with E-state index in [1.807, 2.05) is 60.7 Å². The van der Waals surface area contributed by atoms with Crippen molar-refractivity contribution in [2.45, 2.75) is 55.8 Å². The van der Waals surface area contributed by atoms with Crippen LogP contribution in [0.1, 0.15) is 91.7 Å². The van der Waals surface area contributed by atoms with Crippen LogP contribution in [0.15, 0.2) is 413 Å². The van der Waals surface area contributed by atoms with Gasteiger partial charge in [-0.2, -0.15) is 0 Å². The fourth-order valence-electron chi connectivity index (χ4n) is 21.0. The van der Waals surface area contributed by atoms with Crippen molar-refractivity contribution in [3.05, 3.63) is 514 Å². The van der Waals surface area contributed by atoms with Crippen molar-refractivity contribution < 1.29 is 17.6 Å². The van der Waals surface area contributed by atoms with Crippen molar-refractivity contribution in [2.24, 2.45) is 0 Å². The number of hydrogen-bond donors (Lipinski definition) is 0. The molecule has 0 bridgehead atoms. The van der Waals surface area contributed by atoms with Crippen LogP contribution < -0.4 is 19.6 Å². The highest BCUT2D eigenvalue weighted by Gasteiger charge is 2.49. The highest BCUT2D eigenvalue weighted by Crippen LogP contribution is 2.61. The summed E-state index contributed by atoms with van der Waals surface area (Å²) in [5.74, 6) is -1.22. The second kappa shape index (κ2) is 29.6. The van der Waals surface area contributed by atoms with Gasteiger partial charge in [0.15, 0.2) is 0 Å². The topological polar surface area (TPSA) is 13.0 Å². The van der Waals surface area contributed by atoms with E-state index in [0.29, 0.717) is 0 Å². The second-order valence-corrected chi connectivity index (χ2v) is 34.3. The fourth-order valence-corrected chi connectivity index (χ4v) is 21.0. The Balaban J connectivity index is 0.610. The standard InChI is InChI=1S/C117H82F4N4/c1-115(2)111-71-99(124(93-49-41-89(120)42-50-93)97-57-53-95(54-58-97)122(91-45-27-77(28-46-91)75-13-5-3-6-14-75)101-63-67-107-103-17-9-11-19-109(103)116(113(107)73-101,83-33-37-87(118)38-34-83)85-31-25-79-21-23-81(79)69-85)61-65-105(111)106-66-62-100(72-112(106)115)125(94-51-43-90(121)44-52-94)98-59-55-96(56-60-98)123(92-47-29-78(30-48-92)76-15-7-4-8-16-76)102-64-68-108-104-18-10-12-20-110(104)117(114(108)74-102,84-35-39-88(119)40-36-84)86-32-26-80-22-24-82(80)70-86/h3-20,25-74H,21-24H2,1-2H3. The van der Waals surface area contributed by atoms with Crippen molar-refractivity contribution in [1.82, 2.24) is 0 Å². The maximum absolute atomic E-state index is 15.3. The first-order valence-corrected chi connectivity index (χ1v) is 43.1. The van der Waals surface area contributed by atoms with E-state index in [0.717, 1.165) is 205 Å². The van der Waals surface area contributed by atoms with Crippen LogP contribution in [-0.2, 0) is 41.9 Å². The highest BCUT2D eigenvalue weighted by atomic mass is 19.1. The molecule has 5 aliphatic carbocycles. The number of benzene rings is 18. The predicted molar refractivity (Wildman–Crippen MR) is 503 cm³/mol. The minimum Gasteiger partial charge on any atom is -0.310 e. The lowest BCUT2D eigenvalue weighted by atomic mass is 9.66. The van der Waals surface area contributed by atoms with Gasteiger partial charge in [-0.15, -0.1) is 0 Å². The van der Waals surface area contributed by atoms with Crippen LogP contribution in [0, 0.1) is 23.3 Å². The molecule has 23 rings (SSSR count).